The van der Waals surface area contributed by atoms with E-state index in [1.165, 1.54) is 0 Å². The normalized spacial score (nSPS) is 16.7. The van der Waals surface area contributed by atoms with Crippen LogP contribution < -0.4 is 4.90 Å². The van der Waals surface area contributed by atoms with Crippen LogP contribution >= 0.6 is 11.6 Å². The molecule has 0 atom stereocenters. The summed E-state index contributed by atoms with van der Waals surface area (Å²) in [7, 11) is 1.80. The van der Waals surface area contributed by atoms with E-state index in [9.17, 15) is 9.59 Å². The van der Waals surface area contributed by atoms with Crippen LogP contribution in [0.2, 0.25) is 5.02 Å². The van der Waals surface area contributed by atoms with Gasteiger partial charge in [-0.3, -0.25) is 9.59 Å². The number of aldehydes is 1. The van der Waals surface area contributed by atoms with Gasteiger partial charge >= 0.3 is 0 Å². The Kier molecular flexibility index (Phi) is 3.87. The van der Waals surface area contributed by atoms with Gasteiger partial charge in [-0.05, 0) is 18.6 Å². The van der Waals surface area contributed by atoms with Crippen LogP contribution in [0.15, 0.2) is 18.2 Å². The number of hydrogen-bond acceptors (Lipinski definition) is 3. The summed E-state index contributed by atoms with van der Waals surface area (Å²) in [5, 5.41) is 0.424. The maximum Gasteiger partial charge on any atom is 0.241 e. The molecule has 96 valence electrons. The van der Waals surface area contributed by atoms with Crippen LogP contribution in [-0.4, -0.2) is 43.8 Å². The van der Waals surface area contributed by atoms with E-state index in [1.54, 1.807) is 24.1 Å². The Hall–Kier alpha value is -1.55. The third-order valence-electron chi connectivity index (χ3n) is 3.16. The Bertz CT molecular complexity index is 476. The number of carbonyl (C=O) groups excluding carboxylic acids is 2. The summed E-state index contributed by atoms with van der Waals surface area (Å²) in [5.41, 5.74) is 1.19. The van der Waals surface area contributed by atoms with Crippen molar-refractivity contribution in [1.29, 1.82) is 0 Å². The molecular weight excluding hydrogens is 252 g/mol. The highest BCUT2D eigenvalue weighted by Gasteiger charge is 2.21. The lowest BCUT2D eigenvalue weighted by Gasteiger charge is -2.23. The number of anilines is 1. The largest absolute Gasteiger partial charge is 0.362 e. The van der Waals surface area contributed by atoms with Crippen molar-refractivity contribution >= 4 is 29.5 Å². The van der Waals surface area contributed by atoms with Crippen LogP contribution in [0.4, 0.5) is 5.69 Å². The quantitative estimate of drug-likeness (QED) is 0.767. The fraction of sp³-hybridized carbons (Fsp3) is 0.385. The van der Waals surface area contributed by atoms with E-state index >= 15 is 0 Å². The van der Waals surface area contributed by atoms with Crippen LogP contribution in [0.3, 0.4) is 0 Å². The smallest absolute Gasteiger partial charge is 0.241 e. The zero-order chi connectivity index (χ0) is 13.1. The molecule has 4 nitrogen and oxygen atoms in total. The predicted molar refractivity (Wildman–Crippen MR) is 71.3 cm³/mol. The summed E-state index contributed by atoms with van der Waals surface area (Å²) in [4.78, 5) is 26.6. The summed E-state index contributed by atoms with van der Waals surface area (Å²) >= 11 is 6.00. The zero-order valence-corrected chi connectivity index (χ0v) is 11.0. The van der Waals surface area contributed by atoms with Crippen molar-refractivity contribution in [2.45, 2.75) is 6.42 Å². The van der Waals surface area contributed by atoms with E-state index in [1.807, 2.05) is 11.0 Å². The number of halogens is 1. The molecule has 1 fully saturated rings. The molecule has 0 saturated carbocycles. The van der Waals surface area contributed by atoms with Gasteiger partial charge in [0.15, 0.2) is 6.29 Å². The van der Waals surface area contributed by atoms with Gasteiger partial charge in [0.25, 0.3) is 0 Å². The number of nitrogens with zero attached hydrogens (tertiary/aromatic N) is 2. The van der Waals surface area contributed by atoms with Crippen molar-refractivity contribution < 1.29 is 9.59 Å². The molecule has 1 saturated heterocycles. The molecule has 0 N–H and O–H groups in total. The second-order valence-electron chi connectivity index (χ2n) is 4.38. The molecule has 2 rings (SSSR count). The van der Waals surface area contributed by atoms with Gasteiger partial charge in [0.05, 0.1) is 17.1 Å². The molecular formula is C13H15ClN2O2. The Morgan fingerprint density at radius 3 is 2.83 bits per heavy atom. The molecule has 1 aliphatic rings. The summed E-state index contributed by atoms with van der Waals surface area (Å²) in [6.07, 6.45) is 1.63. The average Bonchev–Trinajstić information content (AvgIpc) is 2.52. The van der Waals surface area contributed by atoms with E-state index in [2.05, 4.69) is 0 Å². The lowest BCUT2D eigenvalue weighted by Crippen LogP contribution is -2.34. The van der Waals surface area contributed by atoms with Crippen molar-refractivity contribution in [3.63, 3.8) is 0 Å². The Labute approximate surface area is 111 Å². The monoisotopic (exact) mass is 266 g/mol. The number of rotatable bonds is 2. The standard InChI is InChI=1S/C13H15ClN2O2/c1-15-6-3-7-16(8-13(15)18)12-5-2-4-11(14)10(12)9-17/h2,4-5,9H,3,6-8H2,1H3. The Morgan fingerprint density at radius 2 is 2.11 bits per heavy atom. The number of hydrogen-bond donors (Lipinski definition) is 0. The zero-order valence-electron chi connectivity index (χ0n) is 10.2. The summed E-state index contributed by atoms with van der Waals surface area (Å²) < 4.78 is 0. The van der Waals surface area contributed by atoms with Crippen molar-refractivity contribution in [2.75, 3.05) is 31.6 Å². The van der Waals surface area contributed by atoms with Crippen LogP contribution in [0.1, 0.15) is 16.8 Å². The molecule has 1 aromatic rings. The minimum absolute atomic E-state index is 0.0596. The second kappa shape index (κ2) is 5.40. The highest BCUT2D eigenvalue weighted by atomic mass is 35.5. The van der Waals surface area contributed by atoms with Crippen LogP contribution in [0, 0.1) is 0 Å². The second-order valence-corrected chi connectivity index (χ2v) is 4.79. The Morgan fingerprint density at radius 1 is 1.33 bits per heavy atom. The molecule has 18 heavy (non-hydrogen) atoms. The molecule has 1 aliphatic heterocycles. The fourth-order valence-corrected chi connectivity index (χ4v) is 2.32. The molecule has 0 bridgehead atoms. The Balaban J connectivity index is 2.33. The van der Waals surface area contributed by atoms with Crippen LogP contribution in [-0.2, 0) is 4.79 Å². The summed E-state index contributed by atoms with van der Waals surface area (Å²) in [5.74, 6) is 0.0596. The SMILES string of the molecule is CN1CCCN(c2cccc(Cl)c2C=O)CC1=O. The van der Waals surface area contributed by atoms with Crippen molar-refractivity contribution in [1.82, 2.24) is 4.90 Å². The van der Waals surface area contributed by atoms with E-state index in [0.717, 1.165) is 31.5 Å². The first-order valence-electron chi connectivity index (χ1n) is 5.86. The predicted octanol–water partition coefficient (Wildman–Crippen LogP) is 1.82. The van der Waals surface area contributed by atoms with Gasteiger partial charge in [0, 0.05) is 25.8 Å². The van der Waals surface area contributed by atoms with Gasteiger partial charge in [-0.1, -0.05) is 17.7 Å². The van der Waals surface area contributed by atoms with Crippen LogP contribution in [0.25, 0.3) is 0 Å². The number of benzene rings is 1. The minimum Gasteiger partial charge on any atom is -0.362 e. The van der Waals surface area contributed by atoms with Gasteiger partial charge in [0.1, 0.15) is 0 Å². The lowest BCUT2D eigenvalue weighted by atomic mass is 10.1. The van der Waals surface area contributed by atoms with Crippen LogP contribution in [0.5, 0.6) is 0 Å². The van der Waals surface area contributed by atoms with Crippen molar-refractivity contribution in [3.8, 4) is 0 Å². The fourth-order valence-electron chi connectivity index (χ4n) is 2.11. The van der Waals surface area contributed by atoms with E-state index < -0.39 is 0 Å². The number of likely N-dealkylation sites (N-methyl/N-ethyl adjacent to an activating group) is 1. The molecule has 1 heterocycles. The van der Waals surface area contributed by atoms with E-state index in [4.69, 9.17) is 11.6 Å². The van der Waals surface area contributed by atoms with Gasteiger partial charge < -0.3 is 9.80 Å². The topological polar surface area (TPSA) is 40.6 Å². The average molecular weight is 267 g/mol. The van der Waals surface area contributed by atoms with Gasteiger partial charge in [-0.25, -0.2) is 0 Å². The first-order chi connectivity index (χ1) is 8.63. The summed E-state index contributed by atoms with van der Waals surface area (Å²) in [6.45, 7) is 1.78. The highest BCUT2D eigenvalue weighted by molar-refractivity contribution is 6.33. The molecule has 0 aliphatic carbocycles. The number of carbonyl (C=O) groups is 2. The maximum atomic E-state index is 11.8. The first kappa shape index (κ1) is 12.9. The van der Waals surface area contributed by atoms with E-state index in [-0.39, 0.29) is 12.5 Å². The lowest BCUT2D eigenvalue weighted by molar-refractivity contribution is -0.127. The molecule has 0 radical (unpaired) electrons. The molecule has 0 spiro atoms. The van der Waals surface area contributed by atoms with Crippen molar-refractivity contribution in [2.24, 2.45) is 0 Å². The summed E-state index contributed by atoms with van der Waals surface area (Å²) in [6, 6.07) is 5.30. The number of amides is 1. The third kappa shape index (κ3) is 2.48. The molecule has 0 unspecified atom stereocenters. The van der Waals surface area contributed by atoms with Gasteiger partial charge in [-0.15, -0.1) is 0 Å². The van der Waals surface area contributed by atoms with Crippen molar-refractivity contribution in [3.05, 3.63) is 28.8 Å². The third-order valence-corrected chi connectivity index (χ3v) is 3.49. The van der Waals surface area contributed by atoms with Gasteiger partial charge in [0.2, 0.25) is 5.91 Å². The highest BCUT2D eigenvalue weighted by Crippen LogP contribution is 2.26. The maximum absolute atomic E-state index is 11.8. The molecule has 0 aromatic heterocycles. The van der Waals surface area contributed by atoms with Gasteiger partial charge in [-0.2, -0.15) is 0 Å². The first-order valence-corrected chi connectivity index (χ1v) is 6.24. The van der Waals surface area contributed by atoms with E-state index in [0.29, 0.717) is 10.6 Å². The minimum atomic E-state index is 0.0596. The molecule has 5 heteroatoms. The molecule has 1 amide bonds. The molecule has 1 aromatic carbocycles.